The molecule has 0 bridgehead atoms. The molecule has 0 fully saturated rings. The summed E-state index contributed by atoms with van der Waals surface area (Å²) in [7, 11) is 0. The van der Waals surface area contributed by atoms with Crippen LogP contribution >= 0.6 is 22.9 Å². The maximum absolute atomic E-state index is 11.3. The standard InChI is InChI=1S/C8H11ClN2OS/c1-5(4-10)8(12)11-7-3-2-6(9)13-7/h2-3,5H,4,10H2,1H3,(H,11,12). The van der Waals surface area contributed by atoms with Crippen LogP contribution in [0.5, 0.6) is 0 Å². The van der Waals surface area contributed by atoms with Gasteiger partial charge in [-0.15, -0.1) is 11.3 Å². The van der Waals surface area contributed by atoms with E-state index in [4.69, 9.17) is 17.3 Å². The molecule has 1 rings (SSSR count). The number of nitrogens with one attached hydrogen (secondary N) is 1. The van der Waals surface area contributed by atoms with Gasteiger partial charge in [-0.3, -0.25) is 4.79 Å². The first-order chi connectivity index (χ1) is 6.13. The van der Waals surface area contributed by atoms with E-state index in [1.165, 1.54) is 11.3 Å². The van der Waals surface area contributed by atoms with Crippen LogP contribution in [0.4, 0.5) is 5.00 Å². The molecule has 1 heterocycles. The molecular weight excluding hydrogens is 208 g/mol. The fraction of sp³-hybridized carbons (Fsp3) is 0.375. The van der Waals surface area contributed by atoms with Crippen LogP contribution in [-0.2, 0) is 4.79 Å². The summed E-state index contributed by atoms with van der Waals surface area (Å²) < 4.78 is 0.663. The van der Waals surface area contributed by atoms with Gasteiger partial charge in [0.2, 0.25) is 5.91 Å². The molecule has 1 amide bonds. The average molecular weight is 219 g/mol. The largest absolute Gasteiger partial charge is 0.330 e. The third-order valence-corrected chi connectivity index (χ3v) is 2.77. The van der Waals surface area contributed by atoms with Crippen LogP contribution in [0.3, 0.4) is 0 Å². The number of rotatable bonds is 3. The molecule has 5 heteroatoms. The van der Waals surface area contributed by atoms with Crippen LogP contribution in [0, 0.1) is 5.92 Å². The minimum atomic E-state index is -0.166. The Bertz CT molecular complexity index is 300. The highest BCUT2D eigenvalue weighted by Gasteiger charge is 2.11. The topological polar surface area (TPSA) is 55.1 Å². The van der Waals surface area contributed by atoms with Crippen molar-refractivity contribution in [2.24, 2.45) is 11.7 Å². The molecule has 0 aliphatic carbocycles. The molecule has 3 nitrogen and oxygen atoms in total. The molecule has 1 aromatic rings. The molecule has 3 N–H and O–H groups in total. The smallest absolute Gasteiger partial charge is 0.229 e. The number of nitrogens with two attached hydrogens (primary N) is 1. The van der Waals surface area contributed by atoms with E-state index in [1.54, 1.807) is 19.1 Å². The summed E-state index contributed by atoms with van der Waals surface area (Å²) in [6, 6.07) is 3.52. The SMILES string of the molecule is CC(CN)C(=O)Nc1ccc(Cl)s1. The van der Waals surface area contributed by atoms with Gasteiger partial charge in [0.1, 0.15) is 0 Å². The summed E-state index contributed by atoms with van der Waals surface area (Å²) in [5, 5.41) is 3.49. The number of halogens is 1. The van der Waals surface area contributed by atoms with Crippen LogP contribution in [0.1, 0.15) is 6.92 Å². The summed E-state index contributed by atoms with van der Waals surface area (Å²) in [6.07, 6.45) is 0. The van der Waals surface area contributed by atoms with Gasteiger partial charge in [0, 0.05) is 12.5 Å². The minimum absolute atomic E-state index is 0.0685. The van der Waals surface area contributed by atoms with Crippen molar-refractivity contribution in [3.8, 4) is 0 Å². The van der Waals surface area contributed by atoms with Gasteiger partial charge in [-0.25, -0.2) is 0 Å². The lowest BCUT2D eigenvalue weighted by Gasteiger charge is -2.07. The van der Waals surface area contributed by atoms with Gasteiger partial charge in [0.25, 0.3) is 0 Å². The van der Waals surface area contributed by atoms with Crippen molar-refractivity contribution in [1.29, 1.82) is 0 Å². The van der Waals surface area contributed by atoms with E-state index in [2.05, 4.69) is 5.32 Å². The van der Waals surface area contributed by atoms with Gasteiger partial charge in [-0.1, -0.05) is 18.5 Å². The van der Waals surface area contributed by atoms with Crippen molar-refractivity contribution in [2.45, 2.75) is 6.92 Å². The monoisotopic (exact) mass is 218 g/mol. The van der Waals surface area contributed by atoms with E-state index in [9.17, 15) is 4.79 Å². The Morgan fingerprint density at radius 2 is 2.46 bits per heavy atom. The highest BCUT2D eigenvalue weighted by Crippen LogP contribution is 2.26. The molecule has 1 unspecified atom stereocenters. The fourth-order valence-corrected chi connectivity index (χ4v) is 1.68. The fourth-order valence-electron chi connectivity index (χ4n) is 0.733. The van der Waals surface area contributed by atoms with E-state index in [0.29, 0.717) is 10.9 Å². The van der Waals surface area contributed by atoms with E-state index in [1.807, 2.05) is 0 Å². The average Bonchev–Trinajstić information content (AvgIpc) is 2.49. The van der Waals surface area contributed by atoms with E-state index in [0.717, 1.165) is 5.00 Å². The first kappa shape index (κ1) is 10.5. The zero-order chi connectivity index (χ0) is 9.84. The van der Waals surface area contributed by atoms with Crippen molar-refractivity contribution in [1.82, 2.24) is 0 Å². The van der Waals surface area contributed by atoms with Gasteiger partial charge < -0.3 is 11.1 Å². The van der Waals surface area contributed by atoms with Crippen LogP contribution in [0.2, 0.25) is 4.34 Å². The molecule has 0 saturated heterocycles. The molecule has 0 aliphatic rings. The second-order valence-electron chi connectivity index (χ2n) is 2.73. The predicted octanol–water partition coefficient (Wildman–Crippen LogP) is 1.93. The zero-order valence-electron chi connectivity index (χ0n) is 7.21. The Kier molecular flexibility index (Phi) is 3.71. The van der Waals surface area contributed by atoms with Crippen LogP contribution in [-0.4, -0.2) is 12.5 Å². The number of hydrogen-bond donors (Lipinski definition) is 2. The molecule has 1 aromatic heterocycles. The maximum Gasteiger partial charge on any atom is 0.229 e. The van der Waals surface area contributed by atoms with Crippen molar-refractivity contribution in [3.63, 3.8) is 0 Å². The van der Waals surface area contributed by atoms with E-state index >= 15 is 0 Å². The molecule has 72 valence electrons. The number of thiophene rings is 1. The van der Waals surface area contributed by atoms with Gasteiger partial charge >= 0.3 is 0 Å². The third-order valence-electron chi connectivity index (χ3n) is 1.62. The van der Waals surface area contributed by atoms with Gasteiger partial charge in [-0.05, 0) is 12.1 Å². The zero-order valence-corrected chi connectivity index (χ0v) is 8.78. The van der Waals surface area contributed by atoms with Crippen molar-refractivity contribution < 1.29 is 4.79 Å². The van der Waals surface area contributed by atoms with Crippen molar-refractivity contribution in [3.05, 3.63) is 16.5 Å². The third kappa shape index (κ3) is 2.99. The summed E-state index contributed by atoms with van der Waals surface area (Å²) in [5.41, 5.74) is 5.35. The Hall–Kier alpha value is -0.580. The lowest BCUT2D eigenvalue weighted by molar-refractivity contribution is -0.119. The summed E-state index contributed by atoms with van der Waals surface area (Å²) >= 11 is 7.04. The second kappa shape index (κ2) is 4.60. The van der Waals surface area contributed by atoms with Crippen LogP contribution in [0.25, 0.3) is 0 Å². The molecule has 0 aliphatic heterocycles. The van der Waals surface area contributed by atoms with Gasteiger partial charge in [-0.2, -0.15) is 0 Å². The molecular formula is C8H11ClN2OS. The first-order valence-corrected chi connectivity index (χ1v) is 5.09. The first-order valence-electron chi connectivity index (χ1n) is 3.89. The Labute approximate surface area is 85.9 Å². The molecule has 0 aromatic carbocycles. The minimum Gasteiger partial charge on any atom is -0.330 e. The van der Waals surface area contributed by atoms with Crippen molar-refractivity contribution >= 4 is 33.8 Å². The Morgan fingerprint density at radius 1 is 1.77 bits per heavy atom. The lowest BCUT2D eigenvalue weighted by Crippen LogP contribution is -2.26. The molecule has 0 saturated carbocycles. The van der Waals surface area contributed by atoms with Gasteiger partial charge in [0.05, 0.1) is 9.34 Å². The Balaban J connectivity index is 2.54. The number of anilines is 1. The highest BCUT2D eigenvalue weighted by atomic mass is 35.5. The summed E-state index contributed by atoms with van der Waals surface area (Å²) in [5.74, 6) is -0.234. The predicted molar refractivity (Wildman–Crippen MR) is 56.2 cm³/mol. The quantitative estimate of drug-likeness (QED) is 0.815. The van der Waals surface area contributed by atoms with Crippen molar-refractivity contribution in [2.75, 3.05) is 11.9 Å². The summed E-state index contributed by atoms with van der Waals surface area (Å²) in [4.78, 5) is 11.3. The van der Waals surface area contributed by atoms with E-state index in [-0.39, 0.29) is 11.8 Å². The second-order valence-corrected chi connectivity index (χ2v) is 4.44. The molecule has 0 radical (unpaired) electrons. The number of amides is 1. The number of carbonyl (C=O) groups is 1. The summed E-state index contributed by atoms with van der Waals surface area (Å²) in [6.45, 7) is 2.13. The molecule has 1 atom stereocenters. The highest BCUT2D eigenvalue weighted by molar-refractivity contribution is 7.20. The van der Waals surface area contributed by atoms with E-state index < -0.39 is 0 Å². The Morgan fingerprint density at radius 3 is 2.92 bits per heavy atom. The molecule has 0 spiro atoms. The maximum atomic E-state index is 11.3. The lowest BCUT2D eigenvalue weighted by atomic mass is 10.2. The van der Waals surface area contributed by atoms with Crippen LogP contribution in [0.15, 0.2) is 12.1 Å². The number of carbonyl (C=O) groups excluding carboxylic acids is 1. The molecule has 13 heavy (non-hydrogen) atoms. The van der Waals surface area contributed by atoms with Gasteiger partial charge in [0.15, 0.2) is 0 Å². The number of hydrogen-bond acceptors (Lipinski definition) is 3. The normalized spacial score (nSPS) is 12.5. The van der Waals surface area contributed by atoms with Crippen LogP contribution < -0.4 is 11.1 Å².